The van der Waals surface area contributed by atoms with Crippen molar-refractivity contribution in [1.82, 2.24) is 4.98 Å². The van der Waals surface area contributed by atoms with E-state index in [9.17, 15) is 9.59 Å². The molecule has 1 heterocycles. The van der Waals surface area contributed by atoms with Gasteiger partial charge in [0.25, 0.3) is 6.01 Å². The van der Waals surface area contributed by atoms with E-state index < -0.39 is 17.9 Å². The molecule has 7 nitrogen and oxygen atoms in total. The summed E-state index contributed by atoms with van der Waals surface area (Å²) in [7, 11) is 0. The molecule has 1 unspecified atom stereocenters. The number of carbonyl (C=O) groups is 2. The van der Waals surface area contributed by atoms with Crippen molar-refractivity contribution in [2.45, 2.75) is 26.7 Å². The summed E-state index contributed by atoms with van der Waals surface area (Å²) in [5, 5.41) is 11.7. The number of aliphatic carboxylic acids is 1. The number of nitrogens with zero attached hydrogens (tertiary/aromatic N) is 1. The smallest absolute Gasteiger partial charge is 0.360 e. The van der Waals surface area contributed by atoms with Crippen molar-refractivity contribution in [2.24, 2.45) is 5.92 Å². The molecule has 0 aliphatic rings. The Morgan fingerprint density at radius 2 is 2.26 bits per heavy atom. The first kappa shape index (κ1) is 15.0. The molecule has 0 spiro atoms. The summed E-state index contributed by atoms with van der Waals surface area (Å²) in [4.78, 5) is 26.2. The second-order valence-electron chi connectivity index (χ2n) is 3.96. The minimum absolute atomic E-state index is 0.0618. The van der Waals surface area contributed by atoms with E-state index in [1.54, 1.807) is 6.92 Å². The molecule has 1 aromatic rings. The third-order valence-electron chi connectivity index (χ3n) is 2.47. The van der Waals surface area contributed by atoms with Gasteiger partial charge in [-0.15, -0.1) is 0 Å². The number of oxazole rings is 1. The van der Waals surface area contributed by atoms with E-state index in [-0.39, 0.29) is 24.9 Å². The largest absolute Gasteiger partial charge is 0.481 e. The van der Waals surface area contributed by atoms with Gasteiger partial charge in [-0.2, -0.15) is 4.98 Å². The fourth-order valence-electron chi connectivity index (χ4n) is 1.53. The van der Waals surface area contributed by atoms with E-state index in [1.807, 2.05) is 6.92 Å². The molecule has 0 aliphatic carbocycles. The molecule has 0 aliphatic heterocycles. The SMILES string of the molecule is CCCC(CNc1nc(C(=O)OCC)co1)C(=O)O. The van der Waals surface area contributed by atoms with E-state index in [1.165, 1.54) is 6.26 Å². The number of hydrogen-bond donors (Lipinski definition) is 2. The number of esters is 1. The Morgan fingerprint density at radius 3 is 2.84 bits per heavy atom. The summed E-state index contributed by atoms with van der Waals surface area (Å²) in [5.74, 6) is -1.95. The van der Waals surface area contributed by atoms with Crippen LogP contribution in [0, 0.1) is 5.92 Å². The second-order valence-corrected chi connectivity index (χ2v) is 3.96. The molecule has 1 rings (SSSR count). The monoisotopic (exact) mass is 270 g/mol. The summed E-state index contributed by atoms with van der Waals surface area (Å²) in [6.07, 6.45) is 2.52. The molecular formula is C12H18N2O5. The fourth-order valence-corrected chi connectivity index (χ4v) is 1.53. The van der Waals surface area contributed by atoms with Gasteiger partial charge in [-0.1, -0.05) is 13.3 Å². The Hall–Kier alpha value is -2.05. The van der Waals surface area contributed by atoms with Crippen molar-refractivity contribution in [3.63, 3.8) is 0 Å². The highest BCUT2D eigenvalue weighted by Crippen LogP contribution is 2.12. The highest BCUT2D eigenvalue weighted by atomic mass is 16.5. The van der Waals surface area contributed by atoms with Crippen LogP contribution in [0.4, 0.5) is 6.01 Å². The van der Waals surface area contributed by atoms with Gasteiger partial charge in [0.05, 0.1) is 12.5 Å². The van der Waals surface area contributed by atoms with Crippen LogP contribution >= 0.6 is 0 Å². The minimum atomic E-state index is -0.869. The first-order chi connectivity index (χ1) is 9.08. The molecule has 0 radical (unpaired) electrons. The van der Waals surface area contributed by atoms with Crippen molar-refractivity contribution in [2.75, 3.05) is 18.5 Å². The van der Waals surface area contributed by atoms with E-state index in [4.69, 9.17) is 14.3 Å². The van der Waals surface area contributed by atoms with E-state index in [0.29, 0.717) is 6.42 Å². The van der Waals surface area contributed by atoms with E-state index in [0.717, 1.165) is 6.42 Å². The minimum Gasteiger partial charge on any atom is -0.481 e. The number of aromatic nitrogens is 1. The molecule has 0 amide bonds. The Kier molecular flexibility index (Phi) is 5.84. The lowest BCUT2D eigenvalue weighted by molar-refractivity contribution is -0.141. The quantitative estimate of drug-likeness (QED) is 0.694. The Bertz CT molecular complexity index is 430. The van der Waals surface area contributed by atoms with E-state index >= 15 is 0 Å². The lowest BCUT2D eigenvalue weighted by Crippen LogP contribution is -2.22. The molecule has 2 N–H and O–H groups in total. The lowest BCUT2D eigenvalue weighted by Gasteiger charge is -2.10. The number of anilines is 1. The predicted octanol–water partition coefficient (Wildman–Crippen LogP) is 1.76. The first-order valence-electron chi connectivity index (χ1n) is 6.17. The zero-order valence-corrected chi connectivity index (χ0v) is 11.0. The van der Waals surface area contributed by atoms with Crippen LogP contribution in [-0.4, -0.2) is 35.2 Å². The van der Waals surface area contributed by atoms with Crippen molar-refractivity contribution in [1.29, 1.82) is 0 Å². The molecule has 0 bridgehead atoms. The van der Waals surface area contributed by atoms with Gasteiger partial charge in [0.15, 0.2) is 5.69 Å². The number of ether oxygens (including phenoxy) is 1. The van der Waals surface area contributed by atoms with Gasteiger partial charge in [-0.25, -0.2) is 4.79 Å². The Balaban J connectivity index is 2.53. The maximum absolute atomic E-state index is 11.3. The number of rotatable bonds is 8. The third kappa shape index (κ3) is 4.61. The normalized spacial score (nSPS) is 11.9. The van der Waals surface area contributed by atoms with Crippen LogP contribution in [0.25, 0.3) is 0 Å². The van der Waals surface area contributed by atoms with Crippen molar-refractivity contribution >= 4 is 18.0 Å². The maximum Gasteiger partial charge on any atom is 0.360 e. The van der Waals surface area contributed by atoms with Gasteiger partial charge in [-0.3, -0.25) is 4.79 Å². The summed E-state index contributed by atoms with van der Waals surface area (Å²) in [6, 6.07) is 0.116. The van der Waals surface area contributed by atoms with Gasteiger partial charge in [0.1, 0.15) is 6.26 Å². The number of carbonyl (C=O) groups excluding carboxylic acids is 1. The molecule has 0 saturated carbocycles. The zero-order valence-electron chi connectivity index (χ0n) is 11.0. The molecular weight excluding hydrogens is 252 g/mol. The van der Waals surface area contributed by atoms with Crippen LogP contribution in [0.5, 0.6) is 0 Å². The average Bonchev–Trinajstić information content (AvgIpc) is 2.83. The number of carboxylic acid groups (broad SMARTS) is 1. The van der Waals surface area contributed by atoms with Gasteiger partial charge < -0.3 is 19.6 Å². The van der Waals surface area contributed by atoms with Crippen molar-refractivity contribution in [3.05, 3.63) is 12.0 Å². The molecule has 0 saturated heterocycles. The van der Waals surface area contributed by atoms with Crippen LogP contribution in [0.1, 0.15) is 37.2 Å². The summed E-state index contributed by atoms with van der Waals surface area (Å²) < 4.78 is 9.78. The standard InChI is InChI=1S/C12H18N2O5/c1-3-5-8(10(15)16)6-13-12-14-9(7-19-12)11(17)18-4-2/h7-8H,3-6H2,1-2H3,(H,13,14)(H,15,16). The van der Waals surface area contributed by atoms with Gasteiger partial charge in [0.2, 0.25) is 0 Å². The maximum atomic E-state index is 11.3. The molecule has 1 aromatic heterocycles. The molecule has 106 valence electrons. The molecule has 0 aromatic carbocycles. The third-order valence-corrected chi connectivity index (χ3v) is 2.47. The number of carboxylic acids is 1. The fraction of sp³-hybridized carbons (Fsp3) is 0.583. The first-order valence-corrected chi connectivity index (χ1v) is 6.17. The topological polar surface area (TPSA) is 102 Å². The summed E-state index contributed by atoms with van der Waals surface area (Å²) >= 11 is 0. The molecule has 1 atom stereocenters. The van der Waals surface area contributed by atoms with Crippen LogP contribution in [0.15, 0.2) is 10.7 Å². The average molecular weight is 270 g/mol. The Morgan fingerprint density at radius 1 is 1.53 bits per heavy atom. The van der Waals surface area contributed by atoms with Crippen molar-refractivity contribution < 1.29 is 23.8 Å². The highest BCUT2D eigenvalue weighted by molar-refractivity contribution is 5.87. The van der Waals surface area contributed by atoms with Gasteiger partial charge in [-0.05, 0) is 13.3 Å². The molecule has 19 heavy (non-hydrogen) atoms. The molecule has 0 fully saturated rings. The van der Waals surface area contributed by atoms with Gasteiger partial charge in [0, 0.05) is 6.54 Å². The second kappa shape index (κ2) is 7.40. The van der Waals surface area contributed by atoms with Crippen LogP contribution in [-0.2, 0) is 9.53 Å². The van der Waals surface area contributed by atoms with Crippen LogP contribution in [0.3, 0.4) is 0 Å². The molecule has 7 heteroatoms. The Labute approximate surface area is 111 Å². The van der Waals surface area contributed by atoms with Crippen molar-refractivity contribution in [3.8, 4) is 0 Å². The number of nitrogens with one attached hydrogen (secondary N) is 1. The van der Waals surface area contributed by atoms with Crippen LogP contribution in [0.2, 0.25) is 0 Å². The lowest BCUT2D eigenvalue weighted by atomic mass is 10.0. The van der Waals surface area contributed by atoms with Gasteiger partial charge >= 0.3 is 11.9 Å². The van der Waals surface area contributed by atoms with E-state index in [2.05, 4.69) is 10.3 Å². The predicted molar refractivity (Wildman–Crippen MR) is 67.0 cm³/mol. The summed E-state index contributed by atoms with van der Waals surface area (Å²) in [6.45, 7) is 4.07. The summed E-state index contributed by atoms with van der Waals surface area (Å²) in [5.41, 5.74) is 0.0618. The highest BCUT2D eigenvalue weighted by Gasteiger charge is 2.18. The number of hydrogen-bond acceptors (Lipinski definition) is 6. The van der Waals surface area contributed by atoms with Crippen LogP contribution < -0.4 is 5.32 Å². The zero-order chi connectivity index (χ0) is 14.3.